The standard InChI is InChI=1S/C18H11N5OS/c24-17-13-16(25-15(19-13)12-9-5-2-6-10-12)20-18-22-21-14(23(17)18)11-7-3-1-4-8-11/h1-10H,(H,20,22). The fourth-order valence-corrected chi connectivity index (χ4v) is 3.72. The normalized spacial score (nSPS) is 11.4. The maximum Gasteiger partial charge on any atom is 0.288 e. The van der Waals surface area contributed by atoms with Crippen LogP contribution in [-0.2, 0) is 0 Å². The van der Waals surface area contributed by atoms with Crippen molar-refractivity contribution in [1.82, 2.24) is 24.6 Å². The van der Waals surface area contributed by atoms with E-state index in [0.29, 0.717) is 21.9 Å². The topological polar surface area (TPSA) is 75.9 Å². The summed E-state index contributed by atoms with van der Waals surface area (Å²) in [7, 11) is 0. The van der Waals surface area contributed by atoms with Crippen LogP contribution in [0.5, 0.6) is 0 Å². The fraction of sp³-hybridized carbons (Fsp3) is 0. The van der Waals surface area contributed by atoms with Crippen LogP contribution in [0.3, 0.4) is 0 Å². The number of hydrogen-bond acceptors (Lipinski definition) is 5. The molecule has 2 aromatic carbocycles. The van der Waals surface area contributed by atoms with Crippen LogP contribution in [0.25, 0.3) is 38.1 Å². The van der Waals surface area contributed by atoms with E-state index in [4.69, 9.17) is 0 Å². The van der Waals surface area contributed by atoms with E-state index >= 15 is 0 Å². The second kappa shape index (κ2) is 5.35. The van der Waals surface area contributed by atoms with Crippen molar-refractivity contribution in [3.8, 4) is 22.0 Å². The largest absolute Gasteiger partial charge is 0.288 e. The summed E-state index contributed by atoms with van der Waals surface area (Å²) >= 11 is 1.40. The Morgan fingerprint density at radius 3 is 2.28 bits per heavy atom. The molecule has 0 saturated carbocycles. The minimum atomic E-state index is -0.217. The molecule has 3 heterocycles. The Kier molecular flexibility index (Phi) is 3.01. The van der Waals surface area contributed by atoms with E-state index < -0.39 is 0 Å². The highest BCUT2D eigenvalue weighted by atomic mass is 32.1. The molecular weight excluding hydrogens is 334 g/mol. The molecule has 0 amide bonds. The average Bonchev–Trinajstić information content (AvgIpc) is 3.28. The molecule has 5 aromatic rings. The van der Waals surface area contributed by atoms with E-state index in [2.05, 4.69) is 20.2 Å². The Balaban J connectivity index is 1.79. The van der Waals surface area contributed by atoms with Gasteiger partial charge in [-0.1, -0.05) is 72.0 Å². The smallest absolute Gasteiger partial charge is 0.266 e. The lowest BCUT2D eigenvalue weighted by molar-refractivity contribution is 1.09. The number of hydrogen-bond donors (Lipinski definition) is 1. The van der Waals surface area contributed by atoms with Gasteiger partial charge in [0.25, 0.3) is 5.56 Å². The maximum absolute atomic E-state index is 13.0. The first kappa shape index (κ1) is 14.1. The lowest BCUT2D eigenvalue weighted by Crippen LogP contribution is -2.15. The third-order valence-corrected chi connectivity index (χ3v) is 4.96. The molecule has 7 heteroatoms. The summed E-state index contributed by atoms with van der Waals surface area (Å²) in [4.78, 5) is 22.7. The third kappa shape index (κ3) is 2.17. The number of H-pyrrole nitrogens is 1. The Morgan fingerprint density at radius 1 is 0.880 bits per heavy atom. The molecule has 3 aromatic heterocycles. The lowest BCUT2D eigenvalue weighted by Gasteiger charge is -1.98. The van der Waals surface area contributed by atoms with Gasteiger partial charge in [-0.2, -0.15) is 10.1 Å². The van der Waals surface area contributed by atoms with Crippen LogP contribution >= 0.6 is 11.3 Å². The first-order valence-electron chi connectivity index (χ1n) is 7.70. The van der Waals surface area contributed by atoms with Gasteiger partial charge < -0.3 is 0 Å². The van der Waals surface area contributed by atoms with Gasteiger partial charge in [0, 0.05) is 11.1 Å². The number of thiazole rings is 1. The van der Waals surface area contributed by atoms with Crippen LogP contribution in [0.15, 0.2) is 65.5 Å². The van der Waals surface area contributed by atoms with Crippen molar-refractivity contribution in [3.05, 3.63) is 71.0 Å². The zero-order valence-electron chi connectivity index (χ0n) is 12.9. The summed E-state index contributed by atoms with van der Waals surface area (Å²) in [5, 5.41) is 7.89. The third-order valence-electron chi connectivity index (χ3n) is 3.96. The van der Waals surface area contributed by atoms with Gasteiger partial charge in [0.1, 0.15) is 5.01 Å². The van der Waals surface area contributed by atoms with Gasteiger partial charge in [-0.25, -0.2) is 14.5 Å². The molecule has 6 nitrogen and oxygen atoms in total. The van der Waals surface area contributed by atoms with Crippen molar-refractivity contribution < 1.29 is 0 Å². The van der Waals surface area contributed by atoms with Crippen molar-refractivity contribution >= 4 is 27.5 Å². The van der Waals surface area contributed by atoms with E-state index in [1.807, 2.05) is 60.7 Å². The molecule has 0 unspecified atom stereocenters. The maximum atomic E-state index is 13.0. The summed E-state index contributed by atoms with van der Waals surface area (Å²) in [6.45, 7) is 0. The Bertz CT molecular complexity index is 1250. The van der Waals surface area contributed by atoms with Gasteiger partial charge in [-0.3, -0.25) is 4.79 Å². The highest BCUT2D eigenvalue weighted by Crippen LogP contribution is 2.28. The molecule has 0 aliphatic rings. The number of nitrogens with zero attached hydrogens (tertiary/aromatic N) is 4. The van der Waals surface area contributed by atoms with Gasteiger partial charge >= 0.3 is 0 Å². The first-order valence-corrected chi connectivity index (χ1v) is 8.51. The van der Waals surface area contributed by atoms with Crippen LogP contribution in [-0.4, -0.2) is 24.6 Å². The summed E-state index contributed by atoms with van der Waals surface area (Å²) in [5.74, 6) is 0.948. The van der Waals surface area contributed by atoms with E-state index in [9.17, 15) is 4.79 Å². The summed E-state index contributed by atoms with van der Waals surface area (Å²) in [5.41, 5.74) is 1.96. The van der Waals surface area contributed by atoms with Crippen molar-refractivity contribution in [1.29, 1.82) is 0 Å². The van der Waals surface area contributed by atoms with Crippen LogP contribution in [0.4, 0.5) is 0 Å². The number of aromatic amines is 1. The van der Waals surface area contributed by atoms with Crippen LogP contribution in [0.1, 0.15) is 0 Å². The zero-order chi connectivity index (χ0) is 16.8. The zero-order valence-corrected chi connectivity index (χ0v) is 13.7. The lowest BCUT2D eigenvalue weighted by atomic mass is 10.2. The van der Waals surface area contributed by atoms with E-state index in [-0.39, 0.29) is 5.56 Å². The van der Waals surface area contributed by atoms with E-state index in [1.165, 1.54) is 15.7 Å². The molecule has 25 heavy (non-hydrogen) atoms. The minimum Gasteiger partial charge on any atom is -0.266 e. The van der Waals surface area contributed by atoms with Crippen LogP contribution < -0.4 is 5.56 Å². The highest BCUT2D eigenvalue weighted by molar-refractivity contribution is 7.21. The monoisotopic (exact) mass is 345 g/mol. The SMILES string of the molecule is O=c1c2nc(-c3ccccc3)sc2nc2[nH]nc(-c3ccccc3)n12. The summed E-state index contributed by atoms with van der Waals surface area (Å²) < 4.78 is 1.48. The molecule has 1 N–H and O–H groups in total. The number of rotatable bonds is 2. The highest BCUT2D eigenvalue weighted by Gasteiger charge is 2.17. The predicted molar refractivity (Wildman–Crippen MR) is 97.7 cm³/mol. The predicted octanol–water partition coefficient (Wildman–Crippen LogP) is 3.36. The van der Waals surface area contributed by atoms with E-state index in [0.717, 1.165) is 16.1 Å². The molecule has 5 rings (SSSR count). The number of benzene rings is 2. The Morgan fingerprint density at radius 2 is 1.56 bits per heavy atom. The van der Waals surface area contributed by atoms with Gasteiger partial charge in [0.05, 0.1) is 0 Å². The molecule has 0 spiro atoms. The van der Waals surface area contributed by atoms with Gasteiger partial charge in [-0.15, -0.1) is 0 Å². The fourth-order valence-electron chi connectivity index (χ4n) is 2.78. The van der Waals surface area contributed by atoms with Crippen LogP contribution in [0.2, 0.25) is 0 Å². The number of fused-ring (bicyclic) bond motifs is 2. The number of nitrogens with one attached hydrogen (secondary N) is 1. The van der Waals surface area contributed by atoms with Crippen LogP contribution in [0, 0.1) is 0 Å². The molecule has 0 saturated heterocycles. The Hall–Kier alpha value is -3.32. The number of aromatic nitrogens is 5. The molecule has 120 valence electrons. The van der Waals surface area contributed by atoms with Crippen molar-refractivity contribution in [2.45, 2.75) is 0 Å². The van der Waals surface area contributed by atoms with Gasteiger partial charge in [0.2, 0.25) is 5.78 Å². The van der Waals surface area contributed by atoms with Crippen molar-refractivity contribution in [3.63, 3.8) is 0 Å². The second-order valence-electron chi connectivity index (χ2n) is 5.53. The molecule has 0 fully saturated rings. The molecule has 0 aliphatic carbocycles. The molecule has 0 radical (unpaired) electrons. The minimum absolute atomic E-state index is 0.217. The molecular formula is C18H11N5OS. The van der Waals surface area contributed by atoms with Gasteiger partial charge in [-0.05, 0) is 0 Å². The van der Waals surface area contributed by atoms with Crippen molar-refractivity contribution in [2.75, 3.05) is 0 Å². The molecule has 0 bridgehead atoms. The Labute approximate surface area is 145 Å². The average molecular weight is 345 g/mol. The molecule has 0 aliphatic heterocycles. The molecule has 0 atom stereocenters. The summed E-state index contributed by atoms with van der Waals surface area (Å²) in [6, 6.07) is 19.3. The van der Waals surface area contributed by atoms with Crippen molar-refractivity contribution in [2.24, 2.45) is 0 Å². The van der Waals surface area contributed by atoms with E-state index in [1.54, 1.807) is 0 Å². The quantitative estimate of drug-likeness (QED) is 0.532. The second-order valence-corrected chi connectivity index (χ2v) is 6.51. The van der Waals surface area contributed by atoms with Gasteiger partial charge in [0.15, 0.2) is 16.2 Å². The first-order chi connectivity index (χ1) is 12.3. The summed E-state index contributed by atoms with van der Waals surface area (Å²) in [6.07, 6.45) is 0.